The van der Waals surface area contributed by atoms with E-state index in [1.807, 2.05) is 7.05 Å². The molecule has 14 heavy (non-hydrogen) atoms. The van der Waals surface area contributed by atoms with Gasteiger partial charge in [0, 0.05) is 18.8 Å². The summed E-state index contributed by atoms with van der Waals surface area (Å²) in [4.78, 5) is 10.1. The van der Waals surface area contributed by atoms with Gasteiger partial charge in [0.05, 0.1) is 4.47 Å². The van der Waals surface area contributed by atoms with Crippen LogP contribution in [0, 0.1) is 0 Å². The van der Waals surface area contributed by atoms with Crippen molar-refractivity contribution in [2.45, 2.75) is 26.3 Å². The van der Waals surface area contributed by atoms with Gasteiger partial charge >= 0.3 is 0 Å². The van der Waals surface area contributed by atoms with E-state index in [1.54, 1.807) is 6.20 Å². The smallest absolute Gasteiger partial charge is 0.222 e. The molecule has 0 radical (unpaired) electrons. The van der Waals surface area contributed by atoms with Gasteiger partial charge in [0.25, 0.3) is 0 Å². The van der Waals surface area contributed by atoms with E-state index in [9.17, 15) is 0 Å². The first kappa shape index (κ1) is 11.2. The Bertz CT molecular complexity index is 332. The molecule has 1 aromatic rings. The standard InChI is InChI=1S/C9H15BrN4/c1-9(2,3)14(4)7-6(10)5-12-8(11)13-7/h5H,1-4H3,(H2,11,12,13). The van der Waals surface area contributed by atoms with Crippen molar-refractivity contribution in [3.8, 4) is 0 Å². The Morgan fingerprint density at radius 1 is 1.43 bits per heavy atom. The third-order valence-electron chi connectivity index (χ3n) is 2.07. The number of rotatable bonds is 1. The summed E-state index contributed by atoms with van der Waals surface area (Å²) in [5, 5.41) is 0. The largest absolute Gasteiger partial charge is 0.368 e. The third kappa shape index (κ3) is 2.35. The molecule has 78 valence electrons. The molecule has 0 spiro atoms. The average Bonchev–Trinajstić information content (AvgIpc) is 2.06. The molecule has 1 aromatic heterocycles. The number of nitrogens with two attached hydrogens (primary N) is 1. The zero-order valence-electron chi connectivity index (χ0n) is 8.87. The fourth-order valence-corrected chi connectivity index (χ4v) is 1.38. The van der Waals surface area contributed by atoms with E-state index in [0.29, 0.717) is 5.95 Å². The summed E-state index contributed by atoms with van der Waals surface area (Å²) in [5.41, 5.74) is 5.54. The van der Waals surface area contributed by atoms with E-state index in [2.05, 4.69) is 51.6 Å². The Hall–Kier alpha value is -0.840. The maximum Gasteiger partial charge on any atom is 0.222 e. The van der Waals surface area contributed by atoms with Crippen molar-refractivity contribution in [2.75, 3.05) is 17.7 Å². The first-order chi connectivity index (χ1) is 6.32. The lowest BCUT2D eigenvalue weighted by molar-refractivity contribution is 0.533. The van der Waals surface area contributed by atoms with E-state index >= 15 is 0 Å². The number of anilines is 2. The van der Waals surface area contributed by atoms with Crippen molar-refractivity contribution < 1.29 is 0 Å². The molecule has 4 nitrogen and oxygen atoms in total. The molecule has 1 rings (SSSR count). The maximum atomic E-state index is 5.54. The van der Waals surface area contributed by atoms with E-state index < -0.39 is 0 Å². The lowest BCUT2D eigenvalue weighted by Crippen LogP contribution is -2.39. The molecule has 2 N–H and O–H groups in total. The summed E-state index contributed by atoms with van der Waals surface area (Å²) in [6, 6.07) is 0. The van der Waals surface area contributed by atoms with Gasteiger partial charge < -0.3 is 10.6 Å². The van der Waals surface area contributed by atoms with Crippen LogP contribution in [0.15, 0.2) is 10.7 Å². The lowest BCUT2D eigenvalue weighted by atomic mass is 10.1. The Kier molecular flexibility index (Phi) is 2.99. The minimum absolute atomic E-state index is 0.00329. The highest BCUT2D eigenvalue weighted by Crippen LogP contribution is 2.27. The summed E-state index contributed by atoms with van der Waals surface area (Å²) < 4.78 is 0.851. The average molecular weight is 259 g/mol. The van der Waals surface area contributed by atoms with Crippen molar-refractivity contribution in [1.82, 2.24) is 9.97 Å². The minimum Gasteiger partial charge on any atom is -0.368 e. The second-order valence-electron chi connectivity index (χ2n) is 4.13. The van der Waals surface area contributed by atoms with Crippen molar-refractivity contribution in [3.63, 3.8) is 0 Å². The van der Waals surface area contributed by atoms with E-state index in [1.165, 1.54) is 0 Å². The number of hydrogen-bond acceptors (Lipinski definition) is 4. The fourth-order valence-electron chi connectivity index (χ4n) is 0.924. The van der Waals surface area contributed by atoms with Crippen LogP contribution in [0.4, 0.5) is 11.8 Å². The van der Waals surface area contributed by atoms with Gasteiger partial charge in [-0.3, -0.25) is 0 Å². The first-order valence-electron chi connectivity index (χ1n) is 4.34. The van der Waals surface area contributed by atoms with Gasteiger partial charge in [-0.15, -0.1) is 0 Å². The van der Waals surface area contributed by atoms with Gasteiger partial charge in [-0.1, -0.05) is 0 Å². The number of halogens is 1. The summed E-state index contributed by atoms with van der Waals surface area (Å²) >= 11 is 3.40. The number of aromatic nitrogens is 2. The van der Waals surface area contributed by atoms with E-state index in [4.69, 9.17) is 5.73 Å². The van der Waals surface area contributed by atoms with Crippen LogP contribution in [0.2, 0.25) is 0 Å². The van der Waals surface area contributed by atoms with E-state index in [0.717, 1.165) is 10.3 Å². The Balaban J connectivity index is 3.12. The van der Waals surface area contributed by atoms with Crippen LogP contribution < -0.4 is 10.6 Å². The first-order valence-corrected chi connectivity index (χ1v) is 5.13. The molecule has 0 bridgehead atoms. The Labute approximate surface area is 92.7 Å². The highest BCUT2D eigenvalue weighted by atomic mass is 79.9. The highest BCUT2D eigenvalue weighted by Gasteiger charge is 2.20. The molecule has 0 saturated carbocycles. The molecule has 0 amide bonds. The molecule has 0 saturated heterocycles. The summed E-state index contributed by atoms with van der Waals surface area (Å²) in [7, 11) is 1.98. The molecule has 5 heteroatoms. The summed E-state index contributed by atoms with van der Waals surface area (Å²) in [5.74, 6) is 1.10. The Morgan fingerprint density at radius 2 is 2.00 bits per heavy atom. The molecular weight excluding hydrogens is 244 g/mol. The van der Waals surface area contributed by atoms with Gasteiger partial charge in [0.2, 0.25) is 5.95 Å². The van der Waals surface area contributed by atoms with Crippen LogP contribution in [-0.2, 0) is 0 Å². The van der Waals surface area contributed by atoms with Crippen molar-refractivity contribution >= 4 is 27.7 Å². The van der Waals surface area contributed by atoms with Crippen molar-refractivity contribution in [2.24, 2.45) is 0 Å². The second kappa shape index (κ2) is 3.73. The van der Waals surface area contributed by atoms with Crippen LogP contribution in [0.25, 0.3) is 0 Å². The zero-order chi connectivity index (χ0) is 10.9. The molecule has 0 aromatic carbocycles. The monoisotopic (exact) mass is 258 g/mol. The quantitative estimate of drug-likeness (QED) is 0.838. The van der Waals surface area contributed by atoms with Crippen LogP contribution in [0.5, 0.6) is 0 Å². The number of nitrogens with zero attached hydrogens (tertiary/aromatic N) is 3. The molecule has 0 unspecified atom stereocenters. The molecule has 0 aliphatic heterocycles. The Morgan fingerprint density at radius 3 is 2.50 bits per heavy atom. The molecule has 0 aliphatic rings. The summed E-state index contributed by atoms with van der Waals surface area (Å²) in [6.07, 6.45) is 1.67. The van der Waals surface area contributed by atoms with Crippen LogP contribution >= 0.6 is 15.9 Å². The van der Waals surface area contributed by atoms with Gasteiger partial charge in [0.1, 0.15) is 5.82 Å². The van der Waals surface area contributed by atoms with Gasteiger partial charge in [-0.2, -0.15) is 4.98 Å². The van der Waals surface area contributed by atoms with Crippen molar-refractivity contribution in [1.29, 1.82) is 0 Å². The SMILES string of the molecule is CN(c1nc(N)ncc1Br)C(C)(C)C. The van der Waals surface area contributed by atoms with E-state index in [-0.39, 0.29) is 5.54 Å². The minimum atomic E-state index is 0.00329. The molecular formula is C9H15BrN4. The molecule has 0 atom stereocenters. The zero-order valence-corrected chi connectivity index (χ0v) is 10.5. The predicted octanol–water partition coefficient (Wildman–Crippen LogP) is 2.06. The molecule has 0 fully saturated rings. The normalized spacial score (nSPS) is 11.5. The fraction of sp³-hybridized carbons (Fsp3) is 0.556. The topological polar surface area (TPSA) is 55.0 Å². The second-order valence-corrected chi connectivity index (χ2v) is 4.98. The highest BCUT2D eigenvalue weighted by molar-refractivity contribution is 9.10. The van der Waals surface area contributed by atoms with Gasteiger partial charge in [-0.25, -0.2) is 4.98 Å². The van der Waals surface area contributed by atoms with Crippen molar-refractivity contribution in [3.05, 3.63) is 10.7 Å². The molecule has 1 heterocycles. The number of hydrogen-bond donors (Lipinski definition) is 1. The lowest BCUT2D eigenvalue weighted by Gasteiger charge is -2.33. The maximum absolute atomic E-state index is 5.54. The van der Waals surface area contributed by atoms with Crippen LogP contribution in [0.1, 0.15) is 20.8 Å². The molecule has 0 aliphatic carbocycles. The van der Waals surface area contributed by atoms with Crippen LogP contribution in [0.3, 0.4) is 0 Å². The number of nitrogen functional groups attached to an aromatic ring is 1. The third-order valence-corrected chi connectivity index (χ3v) is 2.63. The van der Waals surface area contributed by atoms with Gasteiger partial charge in [-0.05, 0) is 36.7 Å². The predicted molar refractivity (Wildman–Crippen MR) is 62.3 cm³/mol. The van der Waals surface area contributed by atoms with Gasteiger partial charge in [0.15, 0.2) is 0 Å². The summed E-state index contributed by atoms with van der Waals surface area (Å²) in [6.45, 7) is 6.33. The van der Waals surface area contributed by atoms with Crippen LogP contribution in [-0.4, -0.2) is 22.6 Å².